The minimum Gasteiger partial charge on any atom is -0.431 e. The van der Waals surface area contributed by atoms with E-state index in [2.05, 4.69) is 14.6 Å². The van der Waals surface area contributed by atoms with Crippen LogP contribution in [0.4, 0.5) is 14.6 Å². The molecule has 2 unspecified atom stereocenters. The molecule has 4 N–H and O–H groups in total. The third-order valence-corrected chi connectivity index (χ3v) is 7.29. The molecule has 9 heteroatoms. The van der Waals surface area contributed by atoms with Crippen molar-refractivity contribution in [2.24, 2.45) is 34.4 Å². The van der Waals surface area contributed by atoms with Gasteiger partial charge < -0.3 is 20.9 Å². The number of nitrogens with zero attached hydrogens (tertiary/aromatic N) is 3. The van der Waals surface area contributed by atoms with Gasteiger partial charge in [-0.3, -0.25) is 9.89 Å². The maximum absolute atomic E-state index is 12.7. The first kappa shape index (κ1) is 21.6. The van der Waals surface area contributed by atoms with E-state index in [1.165, 1.54) is 37.9 Å². The Balaban J connectivity index is 1.30. The second-order valence-corrected chi connectivity index (χ2v) is 9.42. The number of anilines is 1. The molecule has 4 aliphatic rings. The first-order chi connectivity index (χ1) is 15.5. The average molecular weight is 448 g/mol. The normalized spacial score (nSPS) is 31.1. The second-order valence-electron chi connectivity index (χ2n) is 9.42. The first-order valence-corrected chi connectivity index (χ1v) is 11.5. The van der Waals surface area contributed by atoms with Gasteiger partial charge in [0, 0.05) is 54.8 Å². The smallest absolute Gasteiger partial charge is 0.387 e. The summed E-state index contributed by atoms with van der Waals surface area (Å²) < 4.78 is 35.3. The number of morpholine rings is 1. The van der Waals surface area contributed by atoms with Gasteiger partial charge in [0.1, 0.15) is 0 Å². The molecule has 2 heterocycles. The molecule has 4 atom stereocenters. The van der Waals surface area contributed by atoms with E-state index in [0.717, 1.165) is 38.6 Å². The molecule has 3 saturated carbocycles. The summed E-state index contributed by atoms with van der Waals surface area (Å²) in [6.45, 7) is 1.57. The van der Waals surface area contributed by atoms with Gasteiger partial charge in [-0.05, 0) is 55.6 Å². The quantitative estimate of drug-likeness (QED) is 0.595. The highest BCUT2D eigenvalue weighted by Crippen LogP contribution is 2.59. The highest BCUT2D eigenvalue weighted by molar-refractivity contribution is 6.04. The number of aromatic nitrogens is 1. The topological polar surface area (TPSA) is 99.0 Å². The minimum absolute atomic E-state index is 0.0876. The number of pyridine rings is 1. The second kappa shape index (κ2) is 8.94. The number of ether oxygens (including phenoxy) is 2. The molecule has 0 radical (unpaired) electrons. The van der Waals surface area contributed by atoms with E-state index >= 15 is 0 Å². The molecule has 0 spiro atoms. The van der Waals surface area contributed by atoms with Crippen molar-refractivity contribution in [3.05, 3.63) is 23.9 Å². The number of alkyl halides is 2. The molecule has 0 bridgehead atoms. The summed E-state index contributed by atoms with van der Waals surface area (Å²) in [4.78, 5) is 11.5. The van der Waals surface area contributed by atoms with Crippen LogP contribution in [-0.2, 0) is 4.74 Å². The summed E-state index contributed by atoms with van der Waals surface area (Å²) in [5, 5.41) is 0. The maximum Gasteiger partial charge on any atom is 0.387 e. The lowest BCUT2D eigenvalue weighted by atomic mass is 10.0. The number of nitrogens with two attached hydrogens (primary N) is 2. The van der Waals surface area contributed by atoms with Gasteiger partial charge in [-0.1, -0.05) is 0 Å². The van der Waals surface area contributed by atoms with Crippen LogP contribution in [0.2, 0.25) is 0 Å². The highest BCUT2D eigenvalue weighted by Gasteiger charge is 2.58. The van der Waals surface area contributed by atoms with Gasteiger partial charge in [0.2, 0.25) is 0 Å². The molecule has 1 aromatic rings. The van der Waals surface area contributed by atoms with Crippen LogP contribution in [0.1, 0.15) is 31.2 Å². The van der Waals surface area contributed by atoms with Crippen LogP contribution in [-0.4, -0.2) is 61.1 Å². The molecule has 3 aliphatic carbocycles. The largest absolute Gasteiger partial charge is 0.431 e. The Labute approximate surface area is 186 Å². The molecular weight excluding hydrogens is 416 g/mol. The summed E-state index contributed by atoms with van der Waals surface area (Å²) in [6, 6.07) is 2.06. The number of hydrogen-bond acceptors (Lipinski definition) is 7. The molecule has 174 valence electrons. The van der Waals surface area contributed by atoms with Crippen LogP contribution in [0, 0.1) is 23.7 Å². The molecule has 4 fully saturated rings. The molecule has 32 heavy (non-hydrogen) atoms. The molecule has 1 aromatic heterocycles. The van der Waals surface area contributed by atoms with Crippen molar-refractivity contribution >= 4 is 17.2 Å². The van der Waals surface area contributed by atoms with E-state index in [1.54, 1.807) is 0 Å². The molecular formula is C23H31F2N5O2. The Morgan fingerprint density at radius 2 is 2.00 bits per heavy atom. The van der Waals surface area contributed by atoms with Crippen molar-refractivity contribution < 1.29 is 18.3 Å². The van der Waals surface area contributed by atoms with Gasteiger partial charge in [-0.2, -0.15) is 8.78 Å². The lowest BCUT2D eigenvalue weighted by Crippen LogP contribution is -2.43. The third-order valence-electron chi connectivity index (χ3n) is 7.29. The third kappa shape index (κ3) is 4.73. The average Bonchev–Trinajstić information content (AvgIpc) is 3.69. The van der Waals surface area contributed by atoms with Crippen LogP contribution in [0.3, 0.4) is 0 Å². The molecule has 1 saturated heterocycles. The van der Waals surface area contributed by atoms with E-state index in [1.807, 2.05) is 6.08 Å². The van der Waals surface area contributed by atoms with Crippen LogP contribution in [0.5, 0.6) is 5.75 Å². The molecule has 7 nitrogen and oxygen atoms in total. The van der Waals surface area contributed by atoms with Crippen LogP contribution in [0.15, 0.2) is 23.3 Å². The van der Waals surface area contributed by atoms with Crippen molar-refractivity contribution in [2.75, 3.05) is 38.6 Å². The molecule has 1 aliphatic heterocycles. The Morgan fingerprint density at radius 1 is 1.28 bits per heavy atom. The SMILES string of the molecule is NC(=CC(=NCC1CC1)C1[C@H]2CC(N3CCOCC3)C[C@@H]12)c1cnc(N)c(OC(F)F)c1. The monoisotopic (exact) mass is 447 g/mol. The van der Waals surface area contributed by atoms with E-state index < -0.39 is 6.61 Å². The fraction of sp³-hybridized carbons (Fsp3) is 0.652. The summed E-state index contributed by atoms with van der Waals surface area (Å²) >= 11 is 0. The molecule has 0 aromatic carbocycles. The number of fused-ring (bicyclic) bond motifs is 1. The summed E-state index contributed by atoms with van der Waals surface area (Å²) in [5.74, 6) is 2.16. The number of aliphatic imine (C=N–C) groups is 1. The van der Waals surface area contributed by atoms with Gasteiger partial charge in [0.15, 0.2) is 11.6 Å². The Hall–Kier alpha value is -2.26. The maximum atomic E-state index is 12.7. The number of hydrogen-bond donors (Lipinski definition) is 2. The summed E-state index contributed by atoms with van der Waals surface area (Å²) in [5.41, 5.74) is 14.0. The predicted octanol–water partition coefficient (Wildman–Crippen LogP) is 2.77. The Morgan fingerprint density at radius 3 is 2.66 bits per heavy atom. The number of nitrogen functional groups attached to an aromatic ring is 1. The van der Waals surface area contributed by atoms with E-state index in [4.69, 9.17) is 21.2 Å². The van der Waals surface area contributed by atoms with E-state index in [0.29, 0.717) is 41.0 Å². The number of halogens is 2. The van der Waals surface area contributed by atoms with Gasteiger partial charge in [0.05, 0.1) is 13.2 Å². The molecule has 0 amide bonds. The van der Waals surface area contributed by atoms with Gasteiger partial charge >= 0.3 is 6.61 Å². The lowest BCUT2D eigenvalue weighted by molar-refractivity contribution is -0.0495. The fourth-order valence-electron chi connectivity index (χ4n) is 5.32. The van der Waals surface area contributed by atoms with Crippen molar-refractivity contribution in [3.8, 4) is 5.75 Å². The van der Waals surface area contributed by atoms with Gasteiger partial charge in [0.25, 0.3) is 0 Å². The highest BCUT2D eigenvalue weighted by atomic mass is 19.3. The van der Waals surface area contributed by atoms with E-state index in [-0.39, 0.29) is 11.6 Å². The lowest BCUT2D eigenvalue weighted by Gasteiger charge is -2.33. The first-order valence-electron chi connectivity index (χ1n) is 11.5. The minimum atomic E-state index is -2.97. The van der Waals surface area contributed by atoms with Crippen molar-refractivity contribution in [2.45, 2.75) is 38.3 Å². The van der Waals surface area contributed by atoms with Gasteiger partial charge in [-0.15, -0.1) is 0 Å². The van der Waals surface area contributed by atoms with Crippen LogP contribution >= 0.6 is 0 Å². The fourth-order valence-corrected chi connectivity index (χ4v) is 5.32. The zero-order valence-corrected chi connectivity index (χ0v) is 18.1. The Bertz CT molecular complexity index is 886. The summed E-state index contributed by atoms with van der Waals surface area (Å²) in [6.07, 6.45) is 8.27. The Kier molecular flexibility index (Phi) is 6.03. The molecule has 5 rings (SSSR count). The zero-order chi connectivity index (χ0) is 22.2. The standard InChI is InChI=1S/C23H31F2N5O2/c24-23(25)32-20-7-14(12-29-22(20)27)18(26)10-19(28-11-13-1-2-13)21-16-8-15(9-17(16)21)30-3-5-31-6-4-30/h7,10,12-13,15-17,21,23H,1-6,8-9,11,26H2,(H2,27,29)/t15?,16-,17+,21?. The zero-order valence-electron chi connectivity index (χ0n) is 18.1. The van der Waals surface area contributed by atoms with Crippen LogP contribution in [0.25, 0.3) is 5.70 Å². The van der Waals surface area contributed by atoms with Gasteiger partial charge in [-0.25, -0.2) is 4.98 Å². The van der Waals surface area contributed by atoms with Crippen LogP contribution < -0.4 is 16.2 Å². The summed E-state index contributed by atoms with van der Waals surface area (Å²) in [7, 11) is 0. The number of rotatable bonds is 8. The van der Waals surface area contributed by atoms with Crippen molar-refractivity contribution in [1.82, 2.24) is 9.88 Å². The van der Waals surface area contributed by atoms with Crippen molar-refractivity contribution in [3.63, 3.8) is 0 Å². The van der Waals surface area contributed by atoms with E-state index in [9.17, 15) is 8.78 Å². The van der Waals surface area contributed by atoms with Crippen molar-refractivity contribution in [1.29, 1.82) is 0 Å². The predicted molar refractivity (Wildman–Crippen MR) is 118 cm³/mol. The number of allylic oxidation sites excluding steroid dienone is 1.